The fourth-order valence-corrected chi connectivity index (χ4v) is 4.06. The third-order valence-electron chi connectivity index (χ3n) is 6.00. The molecule has 1 aliphatic rings. The number of aromatic nitrogens is 2. The summed E-state index contributed by atoms with van der Waals surface area (Å²) in [6.07, 6.45) is -1.12. The van der Waals surface area contributed by atoms with Gasteiger partial charge >= 0.3 is 5.97 Å². The number of halogens is 1. The van der Waals surface area contributed by atoms with E-state index in [9.17, 15) is 19.1 Å². The maximum absolute atomic E-state index is 13.6. The average molecular weight is 467 g/mol. The third kappa shape index (κ3) is 4.71. The molecule has 178 valence electrons. The van der Waals surface area contributed by atoms with Gasteiger partial charge in [-0.05, 0) is 37.1 Å². The molecule has 0 spiro atoms. The van der Waals surface area contributed by atoms with E-state index in [2.05, 4.69) is 10.4 Å². The second kappa shape index (κ2) is 9.74. The molecule has 3 aromatic rings. The first-order chi connectivity index (χ1) is 16.3. The summed E-state index contributed by atoms with van der Waals surface area (Å²) in [5, 5.41) is 18.6. The van der Waals surface area contributed by atoms with E-state index >= 15 is 0 Å². The number of amides is 1. The number of carbonyl (C=O) groups excluding carboxylic acids is 2. The van der Waals surface area contributed by atoms with Gasteiger partial charge in [-0.3, -0.25) is 14.8 Å². The van der Waals surface area contributed by atoms with Crippen LogP contribution in [0.5, 0.6) is 0 Å². The Balaban J connectivity index is 1.66. The Bertz CT molecular complexity index is 1170. The first-order valence-electron chi connectivity index (χ1n) is 11.1. The van der Waals surface area contributed by atoms with Crippen molar-refractivity contribution in [1.29, 1.82) is 0 Å². The highest BCUT2D eigenvalue weighted by atomic mass is 19.1. The summed E-state index contributed by atoms with van der Waals surface area (Å²) in [4.78, 5) is 27.3. The van der Waals surface area contributed by atoms with Gasteiger partial charge in [-0.15, -0.1) is 0 Å². The Morgan fingerprint density at radius 2 is 1.91 bits per heavy atom. The fourth-order valence-electron chi connectivity index (χ4n) is 4.06. The number of fused-ring (bicyclic) bond motifs is 1. The first-order valence-corrected chi connectivity index (χ1v) is 11.1. The fraction of sp³-hybridized carbons (Fsp3) is 0.320. The van der Waals surface area contributed by atoms with Gasteiger partial charge in [-0.25, -0.2) is 9.18 Å². The summed E-state index contributed by atoms with van der Waals surface area (Å²) >= 11 is 0. The summed E-state index contributed by atoms with van der Waals surface area (Å²) in [6, 6.07) is 16.8. The molecule has 2 heterocycles. The molecule has 0 radical (unpaired) electrons. The molecule has 0 aliphatic carbocycles. The van der Waals surface area contributed by atoms with Crippen molar-refractivity contribution in [3.8, 4) is 0 Å². The lowest BCUT2D eigenvalue weighted by Crippen LogP contribution is -2.65. The van der Waals surface area contributed by atoms with Crippen LogP contribution in [0, 0.1) is 5.82 Å². The predicted octanol–water partition coefficient (Wildman–Crippen LogP) is 2.72. The monoisotopic (exact) mass is 466 g/mol. The molecule has 0 saturated carbocycles. The molecule has 2 aromatic carbocycles. The highest BCUT2D eigenvalue weighted by Crippen LogP contribution is 2.31. The van der Waals surface area contributed by atoms with Crippen LogP contribution < -0.4 is 5.32 Å². The molecule has 34 heavy (non-hydrogen) atoms. The van der Waals surface area contributed by atoms with Gasteiger partial charge in [-0.1, -0.05) is 42.5 Å². The van der Waals surface area contributed by atoms with Gasteiger partial charge in [0.25, 0.3) is 5.91 Å². The second-order valence-corrected chi connectivity index (χ2v) is 8.44. The SMILES string of the molecule is CCOC(=O)c1cc2n(n1)CC(C)(C(O)NCc1ccccc1)N(Cc1ccc(F)cc1)C2=O. The Morgan fingerprint density at radius 1 is 1.21 bits per heavy atom. The number of carbonyl (C=O) groups is 2. The highest BCUT2D eigenvalue weighted by Gasteiger charge is 2.47. The molecular formula is C25H27FN4O4. The van der Waals surface area contributed by atoms with Crippen LogP contribution in [0.4, 0.5) is 4.39 Å². The molecule has 1 aromatic heterocycles. The van der Waals surface area contributed by atoms with Crippen molar-refractivity contribution >= 4 is 11.9 Å². The molecule has 2 atom stereocenters. The van der Waals surface area contributed by atoms with Crippen LogP contribution >= 0.6 is 0 Å². The summed E-state index contributed by atoms with van der Waals surface area (Å²) in [7, 11) is 0. The molecule has 2 N–H and O–H groups in total. The molecule has 1 aliphatic heterocycles. The smallest absolute Gasteiger partial charge is 0.358 e. The van der Waals surface area contributed by atoms with E-state index in [1.807, 2.05) is 30.3 Å². The Kier molecular flexibility index (Phi) is 6.76. The largest absolute Gasteiger partial charge is 0.461 e. The molecule has 0 bridgehead atoms. The number of hydrogen-bond acceptors (Lipinski definition) is 6. The quantitative estimate of drug-likeness (QED) is 0.392. The van der Waals surface area contributed by atoms with Crippen LogP contribution in [0.15, 0.2) is 60.7 Å². The van der Waals surface area contributed by atoms with Crippen molar-refractivity contribution in [2.24, 2.45) is 0 Å². The van der Waals surface area contributed by atoms with Crippen molar-refractivity contribution in [1.82, 2.24) is 20.0 Å². The van der Waals surface area contributed by atoms with Crippen molar-refractivity contribution in [3.05, 3.63) is 89.0 Å². The van der Waals surface area contributed by atoms with Crippen molar-refractivity contribution < 1.29 is 23.8 Å². The van der Waals surface area contributed by atoms with Crippen LogP contribution in [-0.4, -0.2) is 50.0 Å². The average Bonchev–Trinajstić information content (AvgIpc) is 3.26. The van der Waals surface area contributed by atoms with E-state index in [4.69, 9.17) is 4.74 Å². The van der Waals surface area contributed by atoms with Crippen LogP contribution in [0.2, 0.25) is 0 Å². The molecule has 9 heteroatoms. The summed E-state index contributed by atoms with van der Waals surface area (Å²) in [5.41, 5.74) is 0.808. The highest BCUT2D eigenvalue weighted by molar-refractivity contribution is 5.97. The summed E-state index contributed by atoms with van der Waals surface area (Å²) in [5.74, 6) is -1.40. The lowest BCUT2D eigenvalue weighted by Gasteiger charge is -2.47. The third-order valence-corrected chi connectivity index (χ3v) is 6.00. The number of ether oxygens (including phenoxy) is 1. The molecule has 8 nitrogen and oxygen atoms in total. The topological polar surface area (TPSA) is 96.7 Å². The Labute approximate surface area is 197 Å². The normalized spacial score (nSPS) is 18.5. The zero-order valence-electron chi connectivity index (χ0n) is 19.1. The van der Waals surface area contributed by atoms with Gasteiger partial charge in [-0.2, -0.15) is 5.10 Å². The van der Waals surface area contributed by atoms with E-state index in [-0.39, 0.29) is 36.9 Å². The number of benzene rings is 2. The van der Waals surface area contributed by atoms with E-state index in [1.165, 1.54) is 27.8 Å². The van der Waals surface area contributed by atoms with E-state index in [0.717, 1.165) is 5.56 Å². The maximum atomic E-state index is 13.6. The minimum Gasteiger partial charge on any atom is -0.461 e. The summed E-state index contributed by atoms with van der Waals surface area (Å²) in [6.45, 7) is 4.29. The van der Waals surface area contributed by atoms with Gasteiger partial charge in [0.2, 0.25) is 0 Å². The van der Waals surface area contributed by atoms with Gasteiger partial charge < -0.3 is 14.7 Å². The van der Waals surface area contributed by atoms with E-state index in [1.54, 1.807) is 26.0 Å². The molecular weight excluding hydrogens is 439 g/mol. The van der Waals surface area contributed by atoms with Crippen molar-refractivity contribution in [2.75, 3.05) is 6.61 Å². The van der Waals surface area contributed by atoms with E-state index < -0.39 is 23.6 Å². The Hall–Kier alpha value is -3.56. The van der Waals surface area contributed by atoms with Gasteiger partial charge in [0.05, 0.1) is 18.7 Å². The van der Waals surface area contributed by atoms with Gasteiger partial charge in [0, 0.05) is 19.2 Å². The first kappa shape index (κ1) is 23.6. The lowest BCUT2D eigenvalue weighted by molar-refractivity contribution is -0.0518. The minimum atomic E-state index is -1.12. The van der Waals surface area contributed by atoms with Crippen LogP contribution in [0.1, 0.15) is 46.0 Å². The second-order valence-electron chi connectivity index (χ2n) is 8.44. The summed E-state index contributed by atoms with van der Waals surface area (Å²) < 4.78 is 19.9. The lowest BCUT2D eigenvalue weighted by atomic mass is 9.93. The number of hydrogen-bond donors (Lipinski definition) is 2. The minimum absolute atomic E-state index is 0.0305. The zero-order chi connectivity index (χ0) is 24.3. The van der Waals surface area contributed by atoms with Crippen molar-refractivity contribution in [3.63, 3.8) is 0 Å². The number of rotatable bonds is 8. The van der Waals surface area contributed by atoms with E-state index in [0.29, 0.717) is 12.1 Å². The van der Waals surface area contributed by atoms with Crippen LogP contribution in [-0.2, 0) is 24.4 Å². The van der Waals surface area contributed by atoms with Crippen molar-refractivity contribution in [2.45, 2.75) is 45.2 Å². The predicted molar refractivity (Wildman–Crippen MR) is 122 cm³/mol. The molecule has 1 amide bonds. The van der Waals surface area contributed by atoms with Crippen LogP contribution in [0.3, 0.4) is 0 Å². The molecule has 0 fully saturated rings. The molecule has 2 unspecified atom stereocenters. The number of esters is 1. The molecule has 4 rings (SSSR count). The maximum Gasteiger partial charge on any atom is 0.358 e. The Morgan fingerprint density at radius 3 is 2.59 bits per heavy atom. The number of aliphatic hydroxyl groups is 1. The number of nitrogens with zero attached hydrogens (tertiary/aromatic N) is 3. The number of nitrogens with one attached hydrogen (secondary N) is 1. The molecule has 0 saturated heterocycles. The zero-order valence-corrected chi connectivity index (χ0v) is 19.1. The van der Waals surface area contributed by atoms with Crippen LogP contribution in [0.25, 0.3) is 0 Å². The number of aliphatic hydroxyl groups excluding tert-OH is 1. The standard InChI is InChI=1S/C25H27FN4O4/c1-3-34-23(32)20-13-21-22(31)29(15-18-9-11-19(26)12-10-18)25(2,16-30(21)28-20)24(33)27-14-17-7-5-4-6-8-17/h4-13,24,27,33H,3,14-16H2,1-2H3. The van der Waals surface area contributed by atoms with Gasteiger partial charge in [0.15, 0.2) is 5.69 Å². The van der Waals surface area contributed by atoms with Gasteiger partial charge in [0.1, 0.15) is 17.7 Å².